The smallest absolute Gasteiger partial charge is 0.281 e. The molecule has 1 N–H and O–H groups in total. The highest BCUT2D eigenvalue weighted by molar-refractivity contribution is 5.71. The van der Waals surface area contributed by atoms with Crippen molar-refractivity contribution >= 4 is 11.2 Å². The number of para-hydroxylation sites is 1. The molecule has 1 atom stereocenters. The number of ether oxygens (including phenoxy) is 1. The maximum Gasteiger partial charge on any atom is 0.281 e. The molecule has 2 aromatic heterocycles. The summed E-state index contributed by atoms with van der Waals surface area (Å²) in [5.74, 6) is 0. The average Bonchev–Trinajstić information content (AvgIpc) is 3.01. The SMILES string of the molecule is CCOCC(O)Cn1cnc2c(ncn2-c2ccccc2)c1=O. The summed E-state index contributed by atoms with van der Waals surface area (Å²) in [7, 11) is 0. The second-order valence-corrected chi connectivity index (χ2v) is 5.14. The number of rotatable bonds is 6. The van der Waals surface area contributed by atoms with E-state index >= 15 is 0 Å². The molecular formula is C16H18N4O3. The van der Waals surface area contributed by atoms with Crippen molar-refractivity contribution in [2.24, 2.45) is 0 Å². The maximum absolute atomic E-state index is 12.5. The van der Waals surface area contributed by atoms with Crippen LogP contribution in [0.4, 0.5) is 0 Å². The molecular weight excluding hydrogens is 296 g/mol. The lowest BCUT2D eigenvalue weighted by Gasteiger charge is -2.12. The van der Waals surface area contributed by atoms with E-state index in [2.05, 4.69) is 9.97 Å². The first-order valence-electron chi connectivity index (χ1n) is 7.44. The van der Waals surface area contributed by atoms with Crippen LogP contribution in [0.5, 0.6) is 0 Å². The summed E-state index contributed by atoms with van der Waals surface area (Å²) in [5, 5.41) is 9.88. The van der Waals surface area contributed by atoms with Crippen LogP contribution in [0.15, 0.2) is 47.8 Å². The van der Waals surface area contributed by atoms with Crippen LogP contribution in [0.25, 0.3) is 16.9 Å². The fourth-order valence-corrected chi connectivity index (χ4v) is 2.37. The molecule has 0 aliphatic carbocycles. The Balaban J connectivity index is 1.94. The van der Waals surface area contributed by atoms with Crippen molar-refractivity contribution in [2.45, 2.75) is 19.6 Å². The third-order valence-electron chi connectivity index (χ3n) is 3.48. The number of benzene rings is 1. The summed E-state index contributed by atoms with van der Waals surface area (Å²) in [5.41, 5.74) is 1.38. The van der Waals surface area contributed by atoms with Gasteiger partial charge in [-0.2, -0.15) is 0 Å². The van der Waals surface area contributed by atoms with Crippen molar-refractivity contribution < 1.29 is 9.84 Å². The Bertz CT molecular complexity index is 841. The summed E-state index contributed by atoms with van der Waals surface area (Å²) < 4.78 is 8.27. The van der Waals surface area contributed by atoms with Gasteiger partial charge >= 0.3 is 0 Å². The van der Waals surface area contributed by atoms with Crippen LogP contribution in [0.1, 0.15) is 6.92 Å². The lowest BCUT2D eigenvalue weighted by Crippen LogP contribution is -2.29. The van der Waals surface area contributed by atoms with Crippen molar-refractivity contribution in [3.8, 4) is 5.69 Å². The van der Waals surface area contributed by atoms with Gasteiger partial charge in [0.15, 0.2) is 11.2 Å². The van der Waals surface area contributed by atoms with Crippen LogP contribution in [0.3, 0.4) is 0 Å². The minimum atomic E-state index is -0.761. The van der Waals surface area contributed by atoms with E-state index in [-0.39, 0.29) is 24.2 Å². The highest BCUT2D eigenvalue weighted by Gasteiger charge is 2.13. The Labute approximate surface area is 132 Å². The monoisotopic (exact) mass is 314 g/mol. The van der Waals surface area contributed by atoms with Crippen LogP contribution in [-0.4, -0.2) is 43.5 Å². The van der Waals surface area contributed by atoms with Gasteiger partial charge in [0.1, 0.15) is 12.7 Å². The predicted molar refractivity (Wildman–Crippen MR) is 85.6 cm³/mol. The number of aliphatic hydroxyl groups excluding tert-OH is 1. The summed E-state index contributed by atoms with van der Waals surface area (Å²) in [6.45, 7) is 2.67. The van der Waals surface area contributed by atoms with E-state index in [0.29, 0.717) is 12.3 Å². The second-order valence-electron chi connectivity index (χ2n) is 5.14. The van der Waals surface area contributed by atoms with Gasteiger partial charge in [0, 0.05) is 12.3 Å². The van der Waals surface area contributed by atoms with Gasteiger partial charge in [-0.05, 0) is 19.1 Å². The molecule has 3 rings (SSSR count). The number of imidazole rings is 1. The first-order chi connectivity index (χ1) is 11.2. The number of aliphatic hydroxyl groups is 1. The van der Waals surface area contributed by atoms with Crippen LogP contribution in [0, 0.1) is 0 Å². The predicted octanol–water partition coefficient (Wildman–Crippen LogP) is 0.980. The molecule has 0 amide bonds. The third kappa shape index (κ3) is 3.15. The zero-order valence-electron chi connectivity index (χ0n) is 12.8. The van der Waals surface area contributed by atoms with Crippen LogP contribution in [0.2, 0.25) is 0 Å². The first kappa shape index (κ1) is 15.4. The Morgan fingerprint density at radius 1 is 1.22 bits per heavy atom. The van der Waals surface area contributed by atoms with E-state index < -0.39 is 6.10 Å². The van der Waals surface area contributed by atoms with Crippen molar-refractivity contribution in [3.63, 3.8) is 0 Å². The highest BCUT2D eigenvalue weighted by Crippen LogP contribution is 2.13. The number of hydrogen-bond donors (Lipinski definition) is 1. The van der Waals surface area contributed by atoms with E-state index in [9.17, 15) is 9.90 Å². The van der Waals surface area contributed by atoms with Crippen molar-refractivity contribution in [1.82, 2.24) is 19.1 Å². The van der Waals surface area contributed by atoms with Crippen molar-refractivity contribution in [2.75, 3.05) is 13.2 Å². The second kappa shape index (κ2) is 6.72. The molecule has 0 radical (unpaired) electrons. The molecule has 0 fully saturated rings. The van der Waals surface area contributed by atoms with Gasteiger partial charge in [0.2, 0.25) is 0 Å². The van der Waals surface area contributed by atoms with E-state index in [4.69, 9.17) is 4.74 Å². The van der Waals surface area contributed by atoms with E-state index in [1.807, 2.05) is 37.3 Å². The van der Waals surface area contributed by atoms with Crippen LogP contribution < -0.4 is 5.56 Å². The van der Waals surface area contributed by atoms with Gasteiger partial charge in [-0.3, -0.25) is 13.9 Å². The molecule has 7 nitrogen and oxygen atoms in total. The Morgan fingerprint density at radius 3 is 2.74 bits per heavy atom. The highest BCUT2D eigenvalue weighted by atomic mass is 16.5. The molecule has 0 saturated carbocycles. The standard InChI is InChI=1S/C16H18N4O3/c1-2-23-9-13(21)8-19-10-18-15-14(16(19)22)17-11-20(15)12-6-4-3-5-7-12/h3-7,10-11,13,21H,2,8-9H2,1H3. The third-order valence-corrected chi connectivity index (χ3v) is 3.48. The number of nitrogens with zero attached hydrogens (tertiary/aromatic N) is 4. The molecule has 2 heterocycles. The van der Waals surface area contributed by atoms with Crippen LogP contribution >= 0.6 is 0 Å². The topological polar surface area (TPSA) is 82.2 Å². The number of aromatic nitrogens is 4. The summed E-state index contributed by atoms with van der Waals surface area (Å²) >= 11 is 0. The van der Waals surface area contributed by atoms with Gasteiger partial charge in [0.25, 0.3) is 5.56 Å². The molecule has 3 aromatic rings. The van der Waals surface area contributed by atoms with E-state index in [1.54, 1.807) is 10.9 Å². The molecule has 0 aliphatic rings. The summed E-state index contributed by atoms with van der Waals surface area (Å²) in [4.78, 5) is 21.0. The molecule has 1 unspecified atom stereocenters. The molecule has 0 spiro atoms. The maximum atomic E-state index is 12.5. The van der Waals surface area contributed by atoms with Gasteiger partial charge < -0.3 is 9.84 Å². The fourth-order valence-electron chi connectivity index (χ4n) is 2.37. The van der Waals surface area contributed by atoms with Crippen molar-refractivity contribution in [3.05, 3.63) is 53.3 Å². The molecule has 0 bridgehead atoms. The molecule has 7 heteroatoms. The van der Waals surface area contributed by atoms with Crippen LogP contribution in [-0.2, 0) is 11.3 Å². The first-order valence-corrected chi connectivity index (χ1v) is 7.44. The molecule has 0 aliphatic heterocycles. The quantitative estimate of drug-likeness (QED) is 0.733. The van der Waals surface area contributed by atoms with Gasteiger partial charge in [-0.25, -0.2) is 9.97 Å². The molecule has 1 aromatic carbocycles. The summed E-state index contributed by atoms with van der Waals surface area (Å²) in [6.07, 6.45) is 2.25. The Hall–Kier alpha value is -2.51. The Kier molecular flexibility index (Phi) is 4.50. The lowest BCUT2D eigenvalue weighted by atomic mass is 10.3. The average molecular weight is 314 g/mol. The zero-order valence-corrected chi connectivity index (χ0v) is 12.8. The molecule has 120 valence electrons. The zero-order chi connectivity index (χ0) is 16.2. The minimum Gasteiger partial charge on any atom is -0.389 e. The minimum absolute atomic E-state index is 0.125. The lowest BCUT2D eigenvalue weighted by molar-refractivity contribution is 0.0329. The fraction of sp³-hybridized carbons (Fsp3) is 0.312. The van der Waals surface area contributed by atoms with E-state index in [1.165, 1.54) is 10.9 Å². The molecule has 0 saturated heterocycles. The molecule has 23 heavy (non-hydrogen) atoms. The van der Waals surface area contributed by atoms with Crippen molar-refractivity contribution in [1.29, 1.82) is 0 Å². The largest absolute Gasteiger partial charge is 0.389 e. The summed E-state index contributed by atoms with van der Waals surface area (Å²) in [6, 6.07) is 9.57. The van der Waals surface area contributed by atoms with Gasteiger partial charge in [-0.15, -0.1) is 0 Å². The Morgan fingerprint density at radius 2 is 2.00 bits per heavy atom. The van der Waals surface area contributed by atoms with Gasteiger partial charge in [0.05, 0.1) is 19.3 Å². The number of fused-ring (bicyclic) bond motifs is 1. The number of hydrogen-bond acceptors (Lipinski definition) is 5. The van der Waals surface area contributed by atoms with Gasteiger partial charge in [-0.1, -0.05) is 18.2 Å². The normalized spacial score (nSPS) is 12.6. The van der Waals surface area contributed by atoms with E-state index in [0.717, 1.165) is 5.69 Å².